The van der Waals surface area contributed by atoms with Gasteiger partial charge >= 0.3 is 0 Å². The Bertz CT molecular complexity index is 1020. The highest BCUT2D eigenvalue weighted by Gasteiger charge is 2.34. The first-order valence-electron chi connectivity index (χ1n) is 10.2. The average molecular weight is 412 g/mol. The Morgan fingerprint density at radius 3 is 2.90 bits per heavy atom. The maximum Gasteiger partial charge on any atom is 0.223 e. The molecule has 3 atom stereocenters. The molecule has 1 aliphatic carbocycles. The van der Waals surface area contributed by atoms with Gasteiger partial charge in [-0.25, -0.2) is 4.98 Å². The lowest BCUT2D eigenvalue weighted by molar-refractivity contribution is -0.127. The van der Waals surface area contributed by atoms with Gasteiger partial charge in [0, 0.05) is 23.4 Å². The first kappa shape index (κ1) is 19.9. The van der Waals surface area contributed by atoms with E-state index in [0.717, 1.165) is 53.7 Å². The number of hydrogen-bond donors (Lipinski definition) is 3. The van der Waals surface area contributed by atoms with Crippen LogP contribution in [0.5, 0.6) is 0 Å². The van der Waals surface area contributed by atoms with Crippen molar-refractivity contribution in [3.05, 3.63) is 64.4 Å². The maximum atomic E-state index is 13.0. The zero-order valence-electron chi connectivity index (χ0n) is 16.5. The summed E-state index contributed by atoms with van der Waals surface area (Å²) < 4.78 is 0. The van der Waals surface area contributed by atoms with Crippen LogP contribution in [0.1, 0.15) is 54.7 Å². The van der Waals surface area contributed by atoms with Crippen molar-refractivity contribution in [2.45, 2.75) is 44.6 Å². The minimum Gasteiger partial charge on any atom is -0.387 e. The van der Waals surface area contributed by atoms with E-state index >= 15 is 0 Å². The fraction of sp³-hybridized carbons (Fsp3) is 0.391. The zero-order valence-corrected chi connectivity index (χ0v) is 17.2. The highest BCUT2D eigenvalue weighted by atomic mass is 35.5. The second-order valence-electron chi connectivity index (χ2n) is 7.90. The number of aromatic nitrogens is 2. The molecule has 1 aliphatic rings. The monoisotopic (exact) mass is 411 g/mol. The molecule has 6 heteroatoms. The molecule has 1 aromatic heterocycles. The van der Waals surface area contributed by atoms with Crippen molar-refractivity contribution in [2.24, 2.45) is 5.92 Å². The summed E-state index contributed by atoms with van der Waals surface area (Å²) in [6.07, 6.45) is 3.15. The summed E-state index contributed by atoms with van der Waals surface area (Å²) in [6.45, 7) is 2.17. The molecule has 29 heavy (non-hydrogen) atoms. The van der Waals surface area contributed by atoms with Crippen LogP contribution in [0, 0.1) is 12.8 Å². The van der Waals surface area contributed by atoms with Gasteiger partial charge in [0.1, 0.15) is 5.82 Å². The number of rotatable bonds is 5. The molecule has 152 valence electrons. The lowest BCUT2D eigenvalue weighted by atomic mass is 9.78. The van der Waals surface area contributed by atoms with Crippen molar-refractivity contribution in [1.29, 1.82) is 0 Å². The molecule has 0 aliphatic heterocycles. The number of imidazole rings is 1. The summed E-state index contributed by atoms with van der Waals surface area (Å²) in [5.41, 5.74) is 3.63. The lowest BCUT2D eigenvalue weighted by Crippen LogP contribution is -2.38. The molecular weight excluding hydrogens is 386 g/mol. The normalized spacial score (nSPS) is 20.5. The van der Waals surface area contributed by atoms with Gasteiger partial charge in [0.2, 0.25) is 5.91 Å². The molecule has 0 spiro atoms. The van der Waals surface area contributed by atoms with Crippen LogP contribution < -0.4 is 5.32 Å². The topological polar surface area (TPSA) is 78.0 Å². The third-order valence-corrected chi connectivity index (χ3v) is 6.17. The molecule has 0 radical (unpaired) electrons. The summed E-state index contributed by atoms with van der Waals surface area (Å²) in [4.78, 5) is 21.1. The number of hydrogen-bond acceptors (Lipinski definition) is 3. The van der Waals surface area contributed by atoms with E-state index in [9.17, 15) is 9.90 Å². The molecule has 3 N–H and O–H groups in total. The van der Waals surface area contributed by atoms with E-state index in [2.05, 4.69) is 10.3 Å². The maximum absolute atomic E-state index is 13.0. The van der Waals surface area contributed by atoms with Gasteiger partial charge < -0.3 is 15.4 Å². The summed E-state index contributed by atoms with van der Waals surface area (Å²) >= 11 is 6.09. The van der Waals surface area contributed by atoms with E-state index in [0.29, 0.717) is 5.02 Å². The zero-order chi connectivity index (χ0) is 20.4. The SMILES string of the molecule is Cc1ccccc1[C@H](O)CNC(=O)[C@H]1CCCC[C@H]1c1nc2ccc(Cl)cc2[nH]1. The molecule has 0 bridgehead atoms. The van der Waals surface area contributed by atoms with E-state index in [1.54, 1.807) is 0 Å². The number of carbonyl (C=O) groups excluding carboxylic acids is 1. The van der Waals surface area contributed by atoms with E-state index in [1.807, 2.05) is 49.4 Å². The fourth-order valence-electron chi connectivity index (χ4n) is 4.35. The molecule has 0 saturated heterocycles. The van der Waals surface area contributed by atoms with Gasteiger partial charge in [0.05, 0.1) is 17.1 Å². The number of amides is 1. The molecule has 1 amide bonds. The molecule has 1 fully saturated rings. The predicted octanol–water partition coefficient (Wildman–Crippen LogP) is 4.65. The Hall–Kier alpha value is -2.37. The van der Waals surface area contributed by atoms with Gasteiger partial charge in [-0.3, -0.25) is 4.79 Å². The smallest absolute Gasteiger partial charge is 0.223 e. The number of aromatic amines is 1. The third-order valence-electron chi connectivity index (χ3n) is 5.93. The largest absolute Gasteiger partial charge is 0.387 e. The van der Waals surface area contributed by atoms with Gasteiger partial charge in [-0.15, -0.1) is 0 Å². The van der Waals surface area contributed by atoms with Crippen LogP contribution >= 0.6 is 11.6 Å². The van der Waals surface area contributed by atoms with Crippen molar-refractivity contribution < 1.29 is 9.90 Å². The summed E-state index contributed by atoms with van der Waals surface area (Å²) in [6, 6.07) is 13.3. The van der Waals surface area contributed by atoms with Gasteiger partial charge in [-0.2, -0.15) is 0 Å². The van der Waals surface area contributed by atoms with Gasteiger partial charge in [0.25, 0.3) is 0 Å². The van der Waals surface area contributed by atoms with E-state index in [4.69, 9.17) is 16.6 Å². The molecule has 4 rings (SSSR count). The van der Waals surface area contributed by atoms with E-state index in [1.165, 1.54) is 0 Å². The van der Waals surface area contributed by atoms with Gasteiger partial charge in [-0.1, -0.05) is 48.7 Å². The minimum absolute atomic E-state index is 0.0131. The Morgan fingerprint density at radius 1 is 1.28 bits per heavy atom. The van der Waals surface area contributed by atoms with Crippen LogP contribution in [0.25, 0.3) is 11.0 Å². The van der Waals surface area contributed by atoms with E-state index < -0.39 is 6.10 Å². The number of nitrogens with zero attached hydrogens (tertiary/aromatic N) is 1. The predicted molar refractivity (Wildman–Crippen MR) is 115 cm³/mol. The summed E-state index contributed by atoms with van der Waals surface area (Å²) in [7, 11) is 0. The highest BCUT2D eigenvalue weighted by molar-refractivity contribution is 6.31. The van der Waals surface area contributed by atoms with Crippen molar-refractivity contribution in [1.82, 2.24) is 15.3 Å². The number of nitrogens with one attached hydrogen (secondary N) is 2. The molecule has 5 nitrogen and oxygen atoms in total. The number of H-pyrrole nitrogens is 1. The molecule has 0 unspecified atom stereocenters. The van der Waals surface area contributed by atoms with Crippen molar-refractivity contribution >= 4 is 28.5 Å². The number of fused-ring (bicyclic) bond motifs is 1. The fourth-order valence-corrected chi connectivity index (χ4v) is 4.52. The van der Waals surface area contributed by atoms with Crippen LogP contribution in [0.4, 0.5) is 0 Å². The van der Waals surface area contributed by atoms with Gasteiger partial charge in [0.15, 0.2) is 0 Å². The molecule has 2 aromatic carbocycles. The third kappa shape index (κ3) is 4.31. The first-order chi connectivity index (χ1) is 14.0. The van der Waals surface area contributed by atoms with Crippen LogP contribution in [0.3, 0.4) is 0 Å². The van der Waals surface area contributed by atoms with Crippen LogP contribution in [0.2, 0.25) is 5.02 Å². The Morgan fingerprint density at radius 2 is 2.07 bits per heavy atom. The second-order valence-corrected chi connectivity index (χ2v) is 8.33. The van der Waals surface area contributed by atoms with E-state index in [-0.39, 0.29) is 24.3 Å². The van der Waals surface area contributed by atoms with Crippen molar-refractivity contribution in [3.8, 4) is 0 Å². The number of aliphatic hydroxyl groups excluding tert-OH is 1. The quantitative estimate of drug-likeness (QED) is 0.571. The number of benzene rings is 2. The van der Waals surface area contributed by atoms with Crippen molar-refractivity contribution in [2.75, 3.05) is 6.54 Å². The Kier molecular flexibility index (Phi) is 5.88. The number of halogens is 1. The Labute approximate surface area is 175 Å². The molecule has 3 aromatic rings. The lowest BCUT2D eigenvalue weighted by Gasteiger charge is -2.29. The second kappa shape index (κ2) is 8.56. The molecular formula is C23H26ClN3O2. The Balaban J connectivity index is 1.47. The van der Waals surface area contributed by atoms with Crippen molar-refractivity contribution in [3.63, 3.8) is 0 Å². The number of aryl methyl sites for hydroxylation is 1. The minimum atomic E-state index is -0.712. The molecule has 1 saturated carbocycles. The van der Waals surface area contributed by atoms with Crippen LogP contribution in [-0.2, 0) is 4.79 Å². The number of aliphatic hydroxyl groups is 1. The summed E-state index contributed by atoms with van der Waals surface area (Å²) in [5.74, 6) is 0.733. The molecule has 1 heterocycles. The first-order valence-corrected chi connectivity index (χ1v) is 10.6. The standard InChI is InChI=1S/C23H26ClN3O2/c1-14-6-2-3-7-16(14)21(28)13-25-23(29)18-9-5-4-8-17(18)22-26-19-11-10-15(24)12-20(19)27-22/h2-3,6-7,10-12,17-18,21,28H,4-5,8-9,13H2,1H3,(H,25,29)(H,26,27)/t17-,18+,21-/m1/s1. The van der Waals surface area contributed by atoms with Gasteiger partial charge in [-0.05, 0) is 49.1 Å². The number of carbonyl (C=O) groups is 1. The van der Waals surface area contributed by atoms with Crippen LogP contribution in [-0.4, -0.2) is 27.5 Å². The summed E-state index contributed by atoms with van der Waals surface area (Å²) in [5, 5.41) is 14.1. The van der Waals surface area contributed by atoms with Crippen LogP contribution in [0.15, 0.2) is 42.5 Å². The average Bonchev–Trinajstić information content (AvgIpc) is 3.15. The highest BCUT2D eigenvalue weighted by Crippen LogP contribution is 2.37.